The van der Waals surface area contributed by atoms with Crippen molar-refractivity contribution in [2.75, 3.05) is 26.7 Å². The summed E-state index contributed by atoms with van der Waals surface area (Å²) in [6.45, 7) is 4.95. The molecule has 1 aliphatic rings. The van der Waals surface area contributed by atoms with Gasteiger partial charge in [0.15, 0.2) is 17.4 Å². The normalized spacial score (nSPS) is 16.6. The van der Waals surface area contributed by atoms with Crippen LogP contribution in [0.15, 0.2) is 22.7 Å². The van der Waals surface area contributed by atoms with E-state index in [-0.39, 0.29) is 0 Å². The van der Waals surface area contributed by atoms with Crippen molar-refractivity contribution < 1.29 is 9.15 Å². The number of aryl methyl sites for hydroxylation is 1. The number of fused-ring (bicyclic) bond motifs is 1. The first kappa shape index (κ1) is 16.0. The highest BCUT2D eigenvalue weighted by molar-refractivity contribution is 5.38. The van der Waals surface area contributed by atoms with Gasteiger partial charge in [-0.2, -0.15) is 4.52 Å². The van der Waals surface area contributed by atoms with Gasteiger partial charge in [0, 0.05) is 31.9 Å². The van der Waals surface area contributed by atoms with Crippen LogP contribution in [-0.2, 0) is 6.42 Å². The summed E-state index contributed by atoms with van der Waals surface area (Å²) in [4.78, 5) is 6.61. The van der Waals surface area contributed by atoms with Crippen molar-refractivity contribution in [1.82, 2.24) is 29.7 Å². The van der Waals surface area contributed by atoms with E-state index in [1.165, 1.54) is 0 Å². The zero-order valence-electron chi connectivity index (χ0n) is 14.6. The number of hydrogen-bond donors (Lipinski definition) is 0. The SMILES string of the molecule is COc1ccc2nnc(C3CCN(CCc4cnc(C)o4)CC3)n2n1. The molecule has 0 bridgehead atoms. The molecule has 0 N–H and O–H groups in total. The Morgan fingerprint density at radius 2 is 2.08 bits per heavy atom. The lowest BCUT2D eigenvalue weighted by atomic mass is 9.96. The summed E-state index contributed by atoms with van der Waals surface area (Å²) in [5.74, 6) is 3.57. The van der Waals surface area contributed by atoms with E-state index in [1.54, 1.807) is 7.11 Å². The number of ether oxygens (including phenoxy) is 1. The molecule has 3 aromatic rings. The Morgan fingerprint density at radius 1 is 1.24 bits per heavy atom. The average molecular weight is 342 g/mol. The molecule has 132 valence electrons. The molecular weight excluding hydrogens is 320 g/mol. The molecule has 0 radical (unpaired) electrons. The summed E-state index contributed by atoms with van der Waals surface area (Å²) in [7, 11) is 1.62. The van der Waals surface area contributed by atoms with E-state index in [4.69, 9.17) is 9.15 Å². The molecular formula is C17H22N6O2. The van der Waals surface area contributed by atoms with Crippen molar-refractivity contribution >= 4 is 5.65 Å². The number of hydrogen-bond acceptors (Lipinski definition) is 7. The van der Waals surface area contributed by atoms with E-state index in [9.17, 15) is 0 Å². The van der Waals surface area contributed by atoms with Crippen molar-refractivity contribution in [2.24, 2.45) is 0 Å². The van der Waals surface area contributed by atoms with Gasteiger partial charge in [0.25, 0.3) is 0 Å². The van der Waals surface area contributed by atoms with Gasteiger partial charge in [0.05, 0.1) is 13.3 Å². The fourth-order valence-electron chi connectivity index (χ4n) is 3.36. The number of oxazole rings is 1. The van der Waals surface area contributed by atoms with Gasteiger partial charge in [-0.15, -0.1) is 15.3 Å². The number of nitrogens with zero attached hydrogens (tertiary/aromatic N) is 6. The molecule has 4 heterocycles. The minimum atomic E-state index is 0.374. The standard InChI is InChI=1S/C17H22N6O2/c1-12-18-11-14(25-12)7-10-22-8-5-13(6-9-22)17-20-19-15-3-4-16(24-2)21-23(15)17/h3-4,11,13H,5-10H2,1-2H3. The van der Waals surface area contributed by atoms with Gasteiger partial charge in [0.1, 0.15) is 5.76 Å². The lowest BCUT2D eigenvalue weighted by Crippen LogP contribution is -2.35. The van der Waals surface area contributed by atoms with Gasteiger partial charge in [-0.05, 0) is 32.0 Å². The van der Waals surface area contributed by atoms with Crippen LogP contribution in [0.25, 0.3) is 5.65 Å². The zero-order valence-corrected chi connectivity index (χ0v) is 14.6. The second kappa shape index (κ2) is 6.79. The third-order valence-electron chi connectivity index (χ3n) is 4.77. The molecule has 1 saturated heterocycles. The maximum absolute atomic E-state index is 5.55. The Bertz CT molecular complexity index is 850. The lowest BCUT2D eigenvalue weighted by Gasteiger charge is -2.30. The molecule has 3 aromatic heterocycles. The van der Waals surface area contributed by atoms with Crippen LogP contribution in [0, 0.1) is 6.92 Å². The van der Waals surface area contributed by atoms with Crippen LogP contribution in [0.1, 0.15) is 36.2 Å². The molecule has 8 heteroatoms. The Labute approximate surface area is 145 Å². The van der Waals surface area contributed by atoms with Crippen LogP contribution >= 0.6 is 0 Å². The Kier molecular flexibility index (Phi) is 4.35. The molecule has 25 heavy (non-hydrogen) atoms. The molecule has 0 aliphatic carbocycles. The molecule has 0 spiro atoms. The van der Waals surface area contributed by atoms with Gasteiger partial charge in [-0.1, -0.05) is 0 Å². The number of methoxy groups -OCH3 is 1. The number of aromatic nitrogens is 5. The second-order valence-electron chi connectivity index (χ2n) is 6.42. The topological polar surface area (TPSA) is 81.6 Å². The quantitative estimate of drug-likeness (QED) is 0.700. The third kappa shape index (κ3) is 3.34. The predicted molar refractivity (Wildman–Crippen MR) is 90.7 cm³/mol. The number of rotatable bonds is 5. The zero-order chi connectivity index (χ0) is 17.2. The summed E-state index contributed by atoms with van der Waals surface area (Å²) in [5, 5.41) is 13.1. The smallest absolute Gasteiger partial charge is 0.231 e. The van der Waals surface area contributed by atoms with Crippen LogP contribution < -0.4 is 4.74 Å². The summed E-state index contributed by atoms with van der Waals surface area (Å²) in [6, 6.07) is 3.69. The van der Waals surface area contributed by atoms with E-state index >= 15 is 0 Å². The van der Waals surface area contributed by atoms with E-state index in [1.807, 2.05) is 29.8 Å². The van der Waals surface area contributed by atoms with Gasteiger partial charge < -0.3 is 14.1 Å². The molecule has 0 aromatic carbocycles. The van der Waals surface area contributed by atoms with Crippen molar-refractivity contribution in [3.63, 3.8) is 0 Å². The van der Waals surface area contributed by atoms with Gasteiger partial charge in [0.2, 0.25) is 5.88 Å². The average Bonchev–Trinajstić information content (AvgIpc) is 3.26. The van der Waals surface area contributed by atoms with E-state index < -0.39 is 0 Å². The summed E-state index contributed by atoms with van der Waals surface area (Å²) >= 11 is 0. The van der Waals surface area contributed by atoms with E-state index in [0.29, 0.717) is 11.8 Å². The molecule has 0 unspecified atom stereocenters. The van der Waals surface area contributed by atoms with Crippen molar-refractivity contribution in [3.05, 3.63) is 35.8 Å². The fourth-order valence-corrected chi connectivity index (χ4v) is 3.36. The Balaban J connectivity index is 1.38. The van der Waals surface area contributed by atoms with Crippen molar-refractivity contribution in [1.29, 1.82) is 0 Å². The second-order valence-corrected chi connectivity index (χ2v) is 6.42. The first-order chi connectivity index (χ1) is 12.2. The minimum absolute atomic E-state index is 0.374. The minimum Gasteiger partial charge on any atom is -0.480 e. The maximum atomic E-state index is 5.55. The fraction of sp³-hybridized carbons (Fsp3) is 0.529. The van der Waals surface area contributed by atoms with Gasteiger partial charge in [-0.3, -0.25) is 0 Å². The van der Waals surface area contributed by atoms with E-state index in [2.05, 4.69) is 25.2 Å². The highest BCUT2D eigenvalue weighted by Gasteiger charge is 2.25. The van der Waals surface area contributed by atoms with Gasteiger partial charge in [-0.25, -0.2) is 4.98 Å². The highest BCUT2D eigenvalue weighted by atomic mass is 16.5. The first-order valence-electron chi connectivity index (χ1n) is 8.63. The van der Waals surface area contributed by atoms with Crippen LogP contribution in [0.2, 0.25) is 0 Å². The Hall–Kier alpha value is -2.48. The Morgan fingerprint density at radius 3 is 2.80 bits per heavy atom. The molecule has 8 nitrogen and oxygen atoms in total. The molecule has 0 amide bonds. The van der Waals surface area contributed by atoms with E-state index in [0.717, 1.165) is 62.0 Å². The summed E-state index contributed by atoms with van der Waals surface area (Å²) in [6.07, 6.45) is 4.83. The molecule has 0 atom stereocenters. The van der Waals surface area contributed by atoms with Gasteiger partial charge >= 0.3 is 0 Å². The maximum Gasteiger partial charge on any atom is 0.231 e. The van der Waals surface area contributed by atoms with Crippen LogP contribution in [0.5, 0.6) is 5.88 Å². The van der Waals surface area contributed by atoms with Crippen molar-refractivity contribution in [2.45, 2.75) is 32.1 Å². The van der Waals surface area contributed by atoms with Crippen LogP contribution in [0.3, 0.4) is 0 Å². The monoisotopic (exact) mass is 342 g/mol. The molecule has 4 rings (SSSR count). The van der Waals surface area contributed by atoms with Crippen LogP contribution in [0.4, 0.5) is 0 Å². The number of likely N-dealkylation sites (tertiary alicyclic amines) is 1. The highest BCUT2D eigenvalue weighted by Crippen LogP contribution is 2.27. The summed E-state index contributed by atoms with van der Waals surface area (Å²) < 4.78 is 12.6. The lowest BCUT2D eigenvalue weighted by molar-refractivity contribution is 0.206. The molecule has 0 saturated carbocycles. The van der Waals surface area contributed by atoms with Crippen molar-refractivity contribution in [3.8, 4) is 5.88 Å². The van der Waals surface area contributed by atoms with Crippen LogP contribution in [-0.4, -0.2) is 56.4 Å². The predicted octanol–water partition coefficient (Wildman–Crippen LogP) is 1.85. The largest absolute Gasteiger partial charge is 0.480 e. The summed E-state index contributed by atoms with van der Waals surface area (Å²) in [5.41, 5.74) is 0.763. The molecule has 1 fully saturated rings. The number of piperidine rings is 1. The third-order valence-corrected chi connectivity index (χ3v) is 4.77. The molecule has 1 aliphatic heterocycles. The first-order valence-corrected chi connectivity index (χ1v) is 8.63.